The van der Waals surface area contributed by atoms with Gasteiger partial charge in [0.1, 0.15) is 11.7 Å². The molecule has 0 unspecified atom stereocenters. The average Bonchev–Trinajstić information content (AvgIpc) is 3.10. The molecule has 5 N–H and O–H groups in total. The number of carboxylic acid groups (broad SMARTS) is 2. The number of hydrogen-bond donors (Lipinski definition) is 4. The van der Waals surface area contributed by atoms with E-state index in [2.05, 4.69) is 20.3 Å². The van der Waals surface area contributed by atoms with Crippen LogP contribution in [0.1, 0.15) is 32.4 Å². The number of carbonyl (C=O) groups excluding carboxylic acids is 2. The number of halogens is 2. The largest absolute Gasteiger partial charge is 0.479 e. The minimum atomic E-state index is -3.24. The van der Waals surface area contributed by atoms with Crippen LogP contribution in [0.3, 0.4) is 0 Å². The van der Waals surface area contributed by atoms with Crippen molar-refractivity contribution in [1.29, 1.82) is 0 Å². The van der Waals surface area contributed by atoms with Crippen molar-refractivity contribution in [2.45, 2.75) is 49.8 Å². The third-order valence-electron chi connectivity index (χ3n) is 5.02. The second-order valence-corrected chi connectivity index (χ2v) is 8.86. The summed E-state index contributed by atoms with van der Waals surface area (Å²) in [4.78, 5) is 61.2. The molecular weight excluding hydrogens is 472 g/mol. The third kappa shape index (κ3) is 4.56. The normalized spacial score (nSPS) is 22.7. The number of carboxylic acids is 2. The van der Waals surface area contributed by atoms with E-state index >= 15 is 0 Å². The summed E-state index contributed by atoms with van der Waals surface area (Å²) >= 11 is 0.969. The first-order chi connectivity index (χ1) is 15.2. The Balaban J connectivity index is 1.74. The average molecular weight is 491 g/mol. The fraction of sp³-hybridized carbons (Fsp3) is 0.529. The molecule has 2 aliphatic rings. The number of aromatic nitrogens is 1. The smallest absolute Gasteiger partial charge is 0.344 e. The van der Waals surface area contributed by atoms with Crippen LogP contribution >= 0.6 is 11.3 Å². The number of amides is 2. The van der Waals surface area contributed by atoms with Gasteiger partial charge in [-0.3, -0.25) is 14.4 Å². The zero-order valence-corrected chi connectivity index (χ0v) is 18.0. The molecule has 33 heavy (non-hydrogen) atoms. The lowest BCUT2D eigenvalue weighted by Crippen LogP contribution is -2.79. The first kappa shape index (κ1) is 24.2. The second-order valence-electron chi connectivity index (χ2n) is 7.97. The van der Waals surface area contributed by atoms with E-state index in [1.807, 2.05) is 0 Å². The van der Waals surface area contributed by atoms with Gasteiger partial charge >= 0.3 is 11.9 Å². The summed E-state index contributed by atoms with van der Waals surface area (Å²) in [6.45, 7) is 1.99. The van der Waals surface area contributed by atoms with Crippen LogP contribution in [0.4, 0.5) is 13.9 Å². The molecule has 2 heterocycles. The van der Waals surface area contributed by atoms with Gasteiger partial charge in [-0.15, -0.1) is 11.3 Å². The van der Waals surface area contributed by atoms with Crippen molar-refractivity contribution in [3.8, 4) is 0 Å². The fourth-order valence-electron chi connectivity index (χ4n) is 3.32. The van der Waals surface area contributed by atoms with Crippen LogP contribution in [-0.4, -0.2) is 79.4 Å². The van der Waals surface area contributed by atoms with E-state index in [0.29, 0.717) is 5.06 Å². The summed E-state index contributed by atoms with van der Waals surface area (Å²) < 4.78 is 26.7. The predicted molar refractivity (Wildman–Crippen MR) is 105 cm³/mol. The summed E-state index contributed by atoms with van der Waals surface area (Å²) in [5.41, 5.74) is 1.45. The van der Waals surface area contributed by atoms with Crippen LogP contribution in [0.2, 0.25) is 0 Å². The Morgan fingerprint density at radius 2 is 2.00 bits per heavy atom. The number of nitrogens with two attached hydrogens (primary N) is 1. The van der Waals surface area contributed by atoms with Crippen molar-refractivity contribution in [3.63, 3.8) is 0 Å². The van der Waals surface area contributed by atoms with Gasteiger partial charge in [-0.2, -0.15) is 0 Å². The number of rotatable bonds is 9. The van der Waals surface area contributed by atoms with Gasteiger partial charge in [0.15, 0.2) is 10.8 Å². The topological polar surface area (TPSA) is 194 Å². The number of thiazole rings is 1. The summed E-state index contributed by atoms with van der Waals surface area (Å²) in [7, 11) is 0. The summed E-state index contributed by atoms with van der Waals surface area (Å²) in [5, 5.41) is 25.9. The summed E-state index contributed by atoms with van der Waals surface area (Å²) in [5.74, 6) is -8.09. The Kier molecular flexibility index (Phi) is 6.01. The summed E-state index contributed by atoms with van der Waals surface area (Å²) in [6.07, 6.45) is -2.20. The predicted octanol–water partition coefficient (Wildman–Crippen LogP) is -0.180. The van der Waals surface area contributed by atoms with Gasteiger partial charge in [0.25, 0.3) is 17.7 Å². The van der Waals surface area contributed by atoms with E-state index in [9.17, 15) is 33.1 Å². The zero-order valence-electron chi connectivity index (χ0n) is 17.2. The standard InChI is InChI=1S/C17H19F2N5O8S/c1-15(2)10(12(28)24(15)32-16(13(29)30)5-17(18,19)6-16)22-11(27)9(23-31-3-8(25)26)7-4-33-14(20)21-7/h4,10H,3,5-6H2,1-2H3,(H2,20,21)(H,22,27)(H,25,26)(H,29,30)/b23-9-/t10-/m1/s1. The van der Waals surface area contributed by atoms with E-state index in [1.54, 1.807) is 0 Å². The molecule has 1 aliphatic heterocycles. The van der Waals surface area contributed by atoms with E-state index in [1.165, 1.54) is 19.2 Å². The van der Waals surface area contributed by atoms with Crippen LogP contribution in [0.15, 0.2) is 10.5 Å². The second kappa shape index (κ2) is 8.18. The SMILES string of the molecule is CC1(C)[C@H](NC(=O)/C(=N\OCC(=O)O)c2csc(N)n2)C(=O)N1OC1(C(=O)O)CC(F)(F)C1. The van der Waals surface area contributed by atoms with Crippen LogP contribution in [0.25, 0.3) is 0 Å². The summed E-state index contributed by atoms with van der Waals surface area (Å²) in [6, 6.07) is -1.25. The number of alkyl halides is 2. The van der Waals surface area contributed by atoms with Crippen molar-refractivity contribution >= 4 is 45.9 Å². The zero-order chi connectivity index (χ0) is 24.8. The maximum Gasteiger partial charge on any atom is 0.344 e. The highest BCUT2D eigenvalue weighted by Crippen LogP contribution is 2.50. The monoisotopic (exact) mass is 491 g/mol. The molecule has 180 valence electrons. The minimum Gasteiger partial charge on any atom is -0.479 e. The van der Waals surface area contributed by atoms with Crippen molar-refractivity contribution in [1.82, 2.24) is 15.4 Å². The molecule has 0 aromatic carbocycles. The molecule has 2 fully saturated rings. The van der Waals surface area contributed by atoms with Gasteiger partial charge in [0.2, 0.25) is 12.2 Å². The number of carbonyl (C=O) groups is 4. The lowest BCUT2D eigenvalue weighted by Gasteiger charge is -2.56. The van der Waals surface area contributed by atoms with Gasteiger partial charge in [-0.05, 0) is 13.8 Å². The number of nitrogens with zero attached hydrogens (tertiary/aromatic N) is 3. The quantitative estimate of drug-likeness (QED) is 0.204. The number of nitrogen functional groups attached to an aromatic ring is 1. The number of hydroxylamine groups is 2. The lowest BCUT2D eigenvalue weighted by molar-refractivity contribution is -0.344. The van der Waals surface area contributed by atoms with Crippen molar-refractivity contribution < 1.29 is 47.8 Å². The molecule has 1 aromatic rings. The number of β-lactam (4-membered cyclic amide) rings is 1. The third-order valence-corrected chi connectivity index (χ3v) is 5.69. The highest BCUT2D eigenvalue weighted by molar-refractivity contribution is 7.13. The number of oxime groups is 1. The van der Waals surface area contributed by atoms with E-state index in [0.717, 1.165) is 11.3 Å². The van der Waals surface area contributed by atoms with Crippen LogP contribution < -0.4 is 11.1 Å². The Hall–Kier alpha value is -3.40. The van der Waals surface area contributed by atoms with E-state index in [-0.39, 0.29) is 10.8 Å². The van der Waals surface area contributed by atoms with Gasteiger partial charge in [0, 0.05) is 5.38 Å². The highest BCUT2D eigenvalue weighted by atomic mass is 32.1. The number of anilines is 1. The molecule has 16 heteroatoms. The Morgan fingerprint density at radius 1 is 1.36 bits per heavy atom. The van der Waals surface area contributed by atoms with Gasteiger partial charge in [-0.25, -0.2) is 28.4 Å². The van der Waals surface area contributed by atoms with Crippen LogP contribution in [0.5, 0.6) is 0 Å². The number of nitrogens with one attached hydrogen (secondary N) is 1. The van der Waals surface area contributed by atoms with Gasteiger partial charge in [-0.1, -0.05) is 5.16 Å². The molecule has 0 radical (unpaired) electrons. The van der Waals surface area contributed by atoms with Gasteiger partial charge in [0.05, 0.1) is 18.4 Å². The molecule has 1 aromatic heterocycles. The maximum absolute atomic E-state index is 13.3. The van der Waals surface area contributed by atoms with Crippen LogP contribution in [-0.2, 0) is 28.9 Å². The maximum atomic E-state index is 13.3. The molecule has 0 spiro atoms. The highest BCUT2D eigenvalue weighted by Gasteiger charge is 2.68. The molecule has 13 nitrogen and oxygen atoms in total. The van der Waals surface area contributed by atoms with Crippen molar-refractivity contribution in [2.24, 2.45) is 5.16 Å². The molecular formula is C17H19F2N5O8S. The van der Waals surface area contributed by atoms with E-state index in [4.69, 9.17) is 15.7 Å². The first-order valence-corrected chi connectivity index (χ1v) is 10.1. The molecule has 0 bridgehead atoms. The molecule has 3 rings (SSSR count). The Morgan fingerprint density at radius 3 is 2.45 bits per heavy atom. The fourth-order valence-corrected chi connectivity index (χ4v) is 3.87. The molecule has 2 amide bonds. The van der Waals surface area contributed by atoms with E-state index < -0.39 is 72.0 Å². The van der Waals surface area contributed by atoms with Crippen LogP contribution in [0, 0.1) is 0 Å². The minimum absolute atomic E-state index is 0.0420. The lowest BCUT2D eigenvalue weighted by atomic mass is 9.76. The molecule has 1 saturated carbocycles. The Labute approximate surface area is 188 Å². The molecule has 1 atom stereocenters. The number of hydrogen-bond acceptors (Lipinski definition) is 10. The number of aliphatic carboxylic acids is 2. The Bertz CT molecular complexity index is 1030. The molecule has 1 aliphatic carbocycles. The van der Waals surface area contributed by atoms with Gasteiger partial charge < -0.3 is 26.1 Å². The van der Waals surface area contributed by atoms with Crippen molar-refractivity contribution in [2.75, 3.05) is 12.3 Å². The molecule has 1 saturated heterocycles. The van der Waals surface area contributed by atoms with Crippen molar-refractivity contribution in [3.05, 3.63) is 11.1 Å². The first-order valence-electron chi connectivity index (χ1n) is 9.27.